The first-order valence-electron chi connectivity index (χ1n) is 8.72. The van der Waals surface area contributed by atoms with Crippen LogP contribution in [-0.2, 0) is 11.3 Å². The molecule has 0 fully saturated rings. The van der Waals surface area contributed by atoms with Gasteiger partial charge in [-0.05, 0) is 56.7 Å². The number of hydrogen-bond acceptors (Lipinski definition) is 3. The zero-order valence-corrected chi connectivity index (χ0v) is 16.4. The number of amides is 1. The summed E-state index contributed by atoms with van der Waals surface area (Å²) in [5.41, 5.74) is 4.82. The zero-order chi connectivity index (χ0) is 19.4. The van der Waals surface area contributed by atoms with Gasteiger partial charge >= 0.3 is 0 Å². The molecule has 0 spiro atoms. The van der Waals surface area contributed by atoms with Gasteiger partial charge < -0.3 is 10.1 Å². The molecule has 0 atom stereocenters. The normalized spacial score (nSPS) is 10.7. The van der Waals surface area contributed by atoms with E-state index in [2.05, 4.69) is 10.4 Å². The van der Waals surface area contributed by atoms with Crippen molar-refractivity contribution in [2.24, 2.45) is 0 Å². The largest absolute Gasteiger partial charge is 0.484 e. The van der Waals surface area contributed by atoms with E-state index in [1.807, 2.05) is 61.9 Å². The third-order valence-corrected chi connectivity index (χ3v) is 4.83. The summed E-state index contributed by atoms with van der Waals surface area (Å²) >= 11 is 5.99. The van der Waals surface area contributed by atoms with Crippen molar-refractivity contribution in [3.8, 4) is 11.4 Å². The SMILES string of the molecule is Cc1cc(OCC(=O)NCc2c(C)nn(-c3ccccc3)c2C)ccc1Cl. The van der Waals surface area contributed by atoms with Gasteiger partial charge in [-0.3, -0.25) is 4.79 Å². The average molecular weight is 384 g/mol. The van der Waals surface area contributed by atoms with Gasteiger partial charge in [0.15, 0.2) is 6.61 Å². The summed E-state index contributed by atoms with van der Waals surface area (Å²) in [5, 5.41) is 8.16. The van der Waals surface area contributed by atoms with Crippen LogP contribution in [0.15, 0.2) is 48.5 Å². The van der Waals surface area contributed by atoms with Crippen LogP contribution < -0.4 is 10.1 Å². The molecule has 27 heavy (non-hydrogen) atoms. The van der Waals surface area contributed by atoms with Gasteiger partial charge in [-0.25, -0.2) is 4.68 Å². The predicted molar refractivity (Wildman–Crippen MR) is 107 cm³/mol. The van der Waals surface area contributed by atoms with Crippen LogP contribution in [-0.4, -0.2) is 22.3 Å². The lowest BCUT2D eigenvalue weighted by atomic mass is 10.2. The van der Waals surface area contributed by atoms with Crippen molar-refractivity contribution < 1.29 is 9.53 Å². The van der Waals surface area contributed by atoms with Crippen molar-refractivity contribution in [1.29, 1.82) is 0 Å². The predicted octanol–water partition coefficient (Wildman–Crippen LogP) is 4.15. The van der Waals surface area contributed by atoms with Gasteiger partial charge in [0, 0.05) is 22.8 Å². The molecular weight excluding hydrogens is 362 g/mol. The van der Waals surface area contributed by atoms with Crippen LogP contribution >= 0.6 is 11.6 Å². The minimum Gasteiger partial charge on any atom is -0.484 e. The third-order valence-electron chi connectivity index (χ3n) is 4.40. The van der Waals surface area contributed by atoms with Crippen LogP contribution in [0.2, 0.25) is 5.02 Å². The number of nitrogens with zero attached hydrogens (tertiary/aromatic N) is 2. The van der Waals surface area contributed by atoms with Gasteiger partial charge in [0.1, 0.15) is 5.75 Å². The molecule has 2 aromatic carbocycles. The van der Waals surface area contributed by atoms with E-state index in [0.717, 1.165) is 28.2 Å². The number of aryl methyl sites for hydroxylation is 2. The Morgan fingerprint density at radius 1 is 1.15 bits per heavy atom. The Morgan fingerprint density at radius 3 is 2.59 bits per heavy atom. The van der Waals surface area contributed by atoms with Gasteiger partial charge in [0.05, 0.1) is 11.4 Å². The second kappa shape index (κ2) is 8.27. The van der Waals surface area contributed by atoms with Crippen LogP contribution in [0.25, 0.3) is 5.69 Å². The zero-order valence-electron chi connectivity index (χ0n) is 15.6. The number of benzene rings is 2. The average Bonchev–Trinajstić information content (AvgIpc) is 2.95. The Bertz CT molecular complexity index is 952. The molecule has 0 unspecified atom stereocenters. The first-order chi connectivity index (χ1) is 13.0. The minimum atomic E-state index is -0.186. The summed E-state index contributed by atoms with van der Waals surface area (Å²) < 4.78 is 7.43. The molecule has 1 N–H and O–H groups in total. The first-order valence-corrected chi connectivity index (χ1v) is 9.09. The van der Waals surface area contributed by atoms with Crippen LogP contribution in [0.5, 0.6) is 5.75 Å². The lowest BCUT2D eigenvalue weighted by Gasteiger charge is -2.09. The fraction of sp³-hybridized carbons (Fsp3) is 0.238. The van der Waals surface area contributed by atoms with Crippen molar-refractivity contribution >= 4 is 17.5 Å². The Hall–Kier alpha value is -2.79. The third kappa shape index (κ3) is 4.49. The first kappa shape index (κ1) is 19.0. The molecule has 1 aromatic heterocycles. The van der Waals surface area contributed by atoms with Gasteiger partial charge in [-0.2, -0.15) is 5.10 Å². The van der Waals surface area contributed by atoms with E-state index in [1.54, 1.807) is 12.1 Å². The topological polar surface area (TPSA) is 56.1 Å². The van der Waals surface area contributed by atoms with Crippen molar-refractivity contribution in [2.45, 2.75) is 27.3 Å². The van der Waals surface area contributed by atoms with Gasteiger partial charge in [-0.1, -0.05) is 29.8 Å². The molecule has 0 aliphatic heterocycles. The monoisotopic (exact) mass is 383 g/mol. The highest BCUT2D eigenvalue weighted by atomic mass is 35.5. The molecule has 0 saturated carbocycles. The Labute approximate surface area is 163 Å². The molecule has 1 amide bonds. The molecule has 1 heterocycles. The number of nitrogens with one attached hydrogen (secondary N) is 1. The molecule has 0 aliphatic carbocycles. The Balaban J connectivity index is 1.60. The van der Waals surface area contributed by atoms with Gasteiger partial charge in [0.25, 0.3) is 5.91 Å². The van der Waals surface area contributed by atoms with E-state index < -0.39 is 0 Å². The van der Waals surface area contributed by atoms with E-state index in [0.29, 0.717) is 17.3 Å². The van der Waals surface area contributed by atoms with E-state index in [1.165, 1.54) is 0 Å². The fourth-order valence-corrected chi connectivity index (χ4v) is 2.96. The summed E-state index contributed by atoms with van der Waals surface area (Å²) in [6.07, 6.45) is 0. The van der Waals surface area contributed by atoms with Crippen LogP contribution in [0.4, 0.5) is 0 Å². The summed E-state index contributed by atoms with van der Waals surface area (Å²) in [5.74, 6) is 0.435. The minimum absolute atomic E-state index is 0.0496. The number of ether oxygens (including phenoxy) is 1. The molecule has 140 valence electrons. The van der Waals surface area contributed by atoms with Crippen molar-refractivity contribution in [3.63, 3.8) is 0 Å². The lowest BCUT2D eigenvalue weighted by molar-refractivity contribution is -0.123. The maximum Gasteiger partial charge on any atom is 0.258 e. The maximum absolute atomic E-state index is 12.2. The molecular formula is C21H22ClN3O2. The fourth-order valence-electron chi connectivity index (χ4n) is 2.85. The molecule has 3 aromatic rings. The molecule has 5 nitrogen and oxygen atoms in total. The maximum atomic E-state index is 12.2. The molecule has 0 bridgehead atoms. The highest BCUT2D eigenvalue weighted by Crippen LogP contribution is 2.21. The smallest absolute Gasteiger partial charge is 0.258 e. The second-order valence-electron chi connectivity index (χ2n) is 6.37. The molecule has 0 saturated heterocycles. The number of rotatable bonds is 6. The summed E-state index contributed by atoms with van der Waals surface area (Å²) in [7, 11) is 0. The Kier molecular flexibility index (Phi) is 5.81. The summed E-state index contributed by atoms with van der Waals surface area (Å²) in [6.45, 7) is 6.20. The number of hydrogen-bond donors (Lipinski definition) is 1. The standard InChI is InChI=1S/C21H22ClN3O2/c1-14-11-18(9-10-20(14)22)27-13-21(26)23-12-19-15(2)24-25(16(19)3)17-7-5-4-6-8-17/h4-11H,12-13H2,1-3H3,(H,23,26). The number of halogens is 1. The molecule has 6 heteroatoms. The van der Waals surface area contributed by atoms with E-state index >= 15 is 0 Å². The van der Waals surface area contributed by atoms with Crippen molar-refractivity contribution in [2.75, 3.05) is 6.61 Å². The highest BCUT2D eigenvalue weighted by molar-refractivity contribution is 6.31. The number of aromatic nitrogens is 2. The highest BCUT2D eigenvalue weighted by Gasteiger charge is 2.14. The number of carbonyl (C=O) groups excluding carboxylic acids is 1. The number of para-hydroxylation sites is 1. The van der Waals surface area contributed by atoms with Crippen molar-refractivity contribution in [3.05, 3.63) is 76.1 Å². The van der Waals surface area contributed by atoms with Crippen LogP contribution in [0, 0.1) is 20.8 Å². The van der Waals surface area contributed by atoms with E-state index in [-0.39, 0.29) is 12.5 Å². The summed E-state index contributed by atoms with van der Waals surface area (Å²) in [4.78, 5) is 12.2. The van der Waals surface area contributed by atoms with E-state index in [4.69, 9.17) is 16.3 Å². The molecule has 0 radical (unpaired) electrons. The van der Waals surface area contributed by atoms with Crippen LogP contribution in [0.1, 0.15) is 22.5 Å². The van der Waals surface area contributed by atoms with Crippen molar-refractivity contribution in [1.82, 2.24) is 15.1 Å². The summed E-state index contributed by atoms with van der Waals surface area (Å²) in [6, 6.07) is 15.3. The van der Waals surface area contributed by atoms with Gasteiger partial charge in [0.2, 0.25) is 0 Å². The lowest BCUT2D eigenvalue weighted by Crippen LogP contribution is -2.28. The number of carbonyl (C=O) groups is 1. The van der Waals surface area contributed by atoms with Gasteiger partial charge in [-0.15, -0.1) is 0 Å². The quantitative estimate of drug-likeness (QED) is 0.695. The molecule has 3 rings (SSSR count). The second-order valence-corrected chi connectivity index (χ2v) is 6.78. The van der Waals surface area contributed by atoms with E-state index in [9.17, 15) is 4.79 Å². The molecule has 0 aliphatic rings. The van der Waals surface area contributed by atoms with Crippen LogP contribution in [0.3, 0.4) is 0 Å². The Morgan fingerprint density at radius 2 is 1.89 bits per heavy atom.